The van der Waals surface area contributed by atoms with Crippen molar-refractivity contribution in [2.24, 2.45) is 0 Å². The number of halogens is 1. The van der Waals surface area contributed by atoms with Gasteiger partial charge >= 0.3 is 0 Å². The van der Waals surface area contributed by atoms with Gasteiger partial charge < -0.3 is 124 Å². The first-order valence-electron chi connectivity index (χ1n) is 46.6. The second-order valence-corrected chi connectivity index (χ2v) is 42.3. The maximum Gasteiger partial charge on any atom is 0.188 e. The molecule has 0 bridgehead atoms. The number of aryl methyl sites for hydroxylation is 2. The molecule has 0 aliphatic rings. The molecule has 0 heterocycles. The van der Waals surface area contributed by atoms with Gasteiger partial charge in [-0.2, -0.15) is 0 Å². The van der Waals surface area contributed by atoms with Gasteiger partial charge in [-0.1, -0.05) is 197 Å². The first kappa shape index (κ1) is 122. The molecule has 6 unspecified atom stereocenters. The van der Waals surface area contributed by atoms with Crippen LogP contribution in [-0.2, 0) is 67.7 Å². The van der Waals surface area contributed by atoms with E-state index in [1.54, 1.807) is 112 Å². The highest BCUT2D eigenvalue weighted by atomic mass is 31.1. The van der Waals surface area contributed by atoms with Gasteiger partial charge in [0.2, 0.25) is 0 Å². The van der Waals surface area contributed by atoms with E-state index < -0.39 is 0 Å². The third kappa shape index (κ3) is 41.5. The fourth-order valence-electron chi connectivity index (χ4n) is 14.5. The van der Waals surface area contributed by atoms with Gasteiger partial charge in [-0.05, 0) is 242 Å². The number of rotatable bonds is 50. The van der Waals surface area contributed by atoms with E-state index >= 15 is 0 Å². The molecular weight excluding hydrogens is 1950 g/mol. The fourth-order valence-corrected chi connectivity index (χ4v) is 22.3. The van der Waals surface area contributed by atoms with Crippen molar-refractivity contribution < 1.29 is 99.1 Å². The standard InChI is InChI=1S/C19H25FNO4P.C19H26NO4P.2C19H26NO3P.2C18H24NO3P/c1-21(2)11-13-8-14(20)6-7-17(13)26-18-10-15(23-4)9-16(24-5)19(18)25-12-22-3;1-20(2)12-14-8-6-7-9-17(14)25-18-11-15(22-4)10-16(23-5)19(18)24-13-21-3;1-14-6-9-18(15(10-14)12-20(2)3)24-19-11-16(22-5)7-8-17(19)23-13-21-4;1-14-8-6-9-15(12-20(2)3)19(14)24-17-11-7-10-16(22-5)18(17)23-13-21-4;1-19(2)12-14-8-5-6-10-16(14)23-17-11-7-9-15(21-4)18(17)22-13-20-3;1-19(2)12-14-7-5-6-8-17(14)23-18-11-15(21-4)9-10-16(18)22-13-20-3/h6-10,26H,11-12H2,1-5H3;6-11,25H,12-13H2,1-5H3;2*6-11,24H,12-13H2,1-5H3;2*5-11,23H,12-13H2,1-4H3. The van der Waals surface area contributed by atoms with Gasteiger partial charge in [0, 0.05) is 126 Å². The highest BCUT2D eigenvalue weighted by molar-refractivity contribution is 7.57. The van der Waals surface area contributed by atoms with Crippen molar-refractivity contribution in [1.82, 2.24) is 29.4 Å². The van der Waals surface area contributed by atoms with Gasteiger partial charge in [0.15, 0.2) is 86.8 Å². The molecule has 12 aromatic carbocycles. The molecule has 786 valence electrons. The van der Waals surface area contributed by atoms with Gasteiger partial charge in [0.25, 0.3) is 0 Å². The monoisotopic (exact) mass is 2100 g/mol. The predicted octanol–water partition coefficient (Wildman–Crippen LogP) is 15.0. The molecule has 0 amide bonds. The molecule has 0 aromatic heterocycles. The van der Waals surface area contributed by atoms with Crippen molar-refractivity contribution in [2.45, 2.75) is 53.1 Å². The van der Waals surface area contributed by atoms with Crippen LogP contribution in [0.5, 0.6) is 80.5 Å². The summed E-state index contributed by atoms with van der Waals surface area (Å²) < 4.78 is 122. The van der Waals surface area contributed by atoms with Crippen molar-refractivity contribution in [3.63, 3.8) is 0 Å². The largest absolute Gasteiger partial charge is 0.497 e. The summed E-state index contributed by atoms with van der Waals surface area (Å²) in [5.41, 5.74) is 10.2. The van der Waals surface area contributed by atoms with E-state index in [2.05, 4.69) is 230 Å². The Morgan fingerprint density at radius 2 is 0.503 bits per heavy atom. The molecule has 145 heavy (non-hydrogen) atoms. The number of nitrogens with zero attached hydrogens (tertiary/aromatic N) is 6. The summed E-state index contributed by atoms with van der Waals surface area (Å²) in [7, 11) is 50.2. The van der Waals surface area contributed by atoms with Crippen LogP contribution in [0.25, 0.3) is 0 Å². The summed E-state index contributed by atoms with van der Waals surface area (Å²) in [6, 6.07) is 74.8. The minimum atomic E-state index is -0.241. The van der Waals surface area contributed by atoms with E-state index in [1.165, 1.54) is 71.5 Å². The molecule has 0 saturated carbocycles. The molecule has 0 spiro atoms. The zero-order valence-corrected chi connectivity index (χ0v) is 95.6. The highest BCUT2D eigenvalue weighted by Crippen LogP contribution is 2.39. The lowest BCUT2D eigenvalue weighted by Crippen LogP contribution is -2.20. The number of hydrogen-bond acceptors (Lipinski definition) is 26. The van der Waals surface area contributed by atoms with E-state index in [-0.39, 0.29) is 55.2 Å². The maximum absolute atomic E-state index is 13.7. The molecule has 0 fully saturated rings. The Hall–Kier alpha value is -10.1. The van der Waals surface area contributed by atoms with Crippen LogP contribution >= 0.6 is 51.5 Å². The molecule has 26 nitrogen and oxygen atoms in total. The van der Waals surface area contributed by atoms with Gasteiger partial charge in [-0.15, -0.1) is 0 Å². The molecule has 12 rings (SSSR count). The van der Waals surface area contributed by atoms with E-state index in [1.807, 2.05) is 104 Å². The molecule has 33 heteroatoms. The lowest BCUT2D eigenvalue weighted by atomic mass is 10.1. The van der Waals surface area contributed by atoms with Crippen LogP contribution in [0.4, 0.5) is 4.39 Å². The zero-order chi connectivity index (χ0) is 106. The van der Waals surface area contributed by atoms with Crippen LogP contribution in [0.2, 0.25) is 0 Å². The van der Waals surface area contributed by atoms with Crippen molar-refractivity contribution in [3.05, 3.63) is 275 Å². The third-order valence-corrected chi connectivity index (χ3v) is 29.6. The number of para-hydroxylation sites is 2. The van der Waals surface area contributed by atoms with Crippen LogP contribution < -0.4 is 130 Å². The first-order valence-corrected chi connectivity index (χ1v) is 52.6. The van der Waals surface area contributed by atoms with Crippen molar-refractivity contribution in [1.29, 1.82) is 0 Å². The van der Waals surface area contributed by atoms with E-state index in [0.717, 1.165) is 127 Å². The van der Waals surface area contributed by atoms with Crippen LogP contribution in [-0.4, -0.2) is 254 Å². The molecule has 0 N–H and O–H groups in total. The van der Waals surface area contributed by atoms with Crippen molar-refractivity contribution in [2.75, 3.05) is 225 Å². The SMILES string of the molecule is COCOc1c(OC)cc(OC)cc1Pc1ccc(F)cc1CN(C)C.COCOc1c(OC)cc(OC)cc1Pc1ccccc1CN(C)C.COCOc1c(OC)cccc1Pc1c(C)cccc1CN(C)C.COCOc1c(OC)cccc1Pc1ccccc1CN(C)C.COCOc1ccc(OC)cc1Pc1ccc(C)cc1CN(C)C.COCOc1ccc(OC)cc1Pc1ccccc1CN(C)C. The second kappa shape index (κ2) is 67.0. The summed E-state index contributed by atoms with van der Waals surface area (Å²) in [5, 5.41) is 14.0. The van der Waals surface area contributed by atoms with Gasteiger partial charge in [0.05, 0.1) is 56.9 Å². The van der Waals surface area contributed by atoms with E-state index in [9.17, 15) is 4.39 Å². The number of hydrogen-bond donors (Lipinski definition) is 0. The van der Waals surface area contributed by atoms with Crippen LogP contribution in [0, 0.1) is 19.7 Å². The van der Waals surface area contributed by atoms with E-state index in [0.29, 0.717) is 78.2 Å². The first-order chi connectivity index (χ1) is 69.9. The minimum Gasteiger partial charge on any atom is -0.497 e. The van der Waals surface area contributed by atoms with Crippen molar-refractivity contribution >= 4 is 115 Å². The summed E-state index contributed by atoms with van der Waals surface area (Å²) in [4.78, 5) is 12.9. The Balaban J connectivity index is 0.000000236. The quantitative estimate of drug-likeness (QED) is 0.0257. The van der Waals surface area contributed by atoms with Crippen LogP contribution in [0.1, 0.15) is 44.5 Å². The highest BCUT2D eigenvalue weighted by Gasteiger charge is 2.23. The Bertz CT molecular complexity index is 5790. The predicted molar refractivity (Wildman–Crippen MR) is 604 cm³/mol. The maximum atomic E-state index is 13.7. The topological polar surface area (TPSA) is 204 Å². The Labute approximate surface area is 871 Å². The Kier molecular flexibility index (Phi) is 56.2. The summed E-state index contributed by atoms with van der Waals surface area (Å²) >= 11 is 0. The lowest BCUT2D eigenvalue weighted by molar-refractivity contribution is 0.0498. The second-order valence-electron chi connectivity index (χ2n) is 34.3. The zero-order valence-electron chi connectivity index (χ0n) is 89.6. The van der Waals surface area contributed by atoms with Gasteiger partial charge in [0.1, 0.15) is 40.3 Å². The summed E-state index contributed by atoms with van der Waals surface area (Å²) in [6.07, 6.45) is 0. The third-order valence-electron chi connectivity index (χ3n) is 21.0. The normalized spacial score (nSPS) is 11.4. The molecule has 0 saturated heterocycles. The lowest BCUT2D eigenvalue weighted by Gasteiger charge is -2.19. The van der Waals surface area contributed by atoms with Crippen LogP contribution in [0.3, 0.4) is 0 Å². The summed E-state index contributed by atoms with van der Waals surface area (Å²) in [6.45, 7) is 10.7. The smallest absolute Gasteiger partial charge is 0.188 e. The Morgan fingerprint density at radius 1 is 0.214 bits per heavy atom. The van der Waals surface area contributed by atoms with E-state index in [4.69, 9.17) is 94.7 Å². The molecule has 0 radical (unpaired) electrons. The average molecular weight is 2110 g/mol. The van der Waals surface area contributed by atoms with Crippen LogP contribution in [0.15, 0.2) is 224 Å². The van der Waals surface area contributed by atoms with Crippen molar-refractivity contribution in [3.8, 4) is 80.5 Å². The molecule has 12 aromatic rings. The average Bonchev–Trinajstić information content (AvgIpc) is 0.816. The summed E-state index contributed by atoms with van der Waals surface area (Å²) in [5.74, 6) is 10.0. The molecule has 6 atom stereocenters. The number of ether oxygens (including phenoxy) is 20. The molecular formula is C112H151FN6O20P6. The number of methoxy groups -OCH3 is 14. The number of benzene rings is 12. The fraction of sp³-hybridized carbons (Fsp3) is 0.357. The molecule has 0 aliphatic carbocycles. The Morgan fingerprint density at radius 3 is 0.869 bits per heavy atom. The minimum absolute atomic E-state index is 0.105. The van der Waals surface area contributed by atoms with Gasteiger partial charge in [-0.3, -0.25) is 0 Å². The van der Waals surface area contributed by atoms with Gasteiger partial charge in [-0.25, -0.2) is 4.39 Å². The molecule has 0 aliphatic heterocycles.